The second-order valence-corrected chi connectivity index (χ2v) is 16.1. The molecule has 0 saturated heterocycles. The van der Waals surface area contributed by atoms with Crippen LogP contribution in [0.2, 0.25) is 0 Å². The zero-order valence-electron chi connectivity index (χ0n) is 28.2. The minimum Gasteiger partial charge on any atom is -0.278 e. The van der Waals surface area contributed by atoms with E-state index in [1.54, 1.807) is 0 Å². The van der Waals surface area contributed by atoms with Gasteiger partial charge in [-0.15, -0.1) is 11.3 Å². The van der Waals surface area contributed by atoms with Crippen LogP contribution in [-0.2, 0) is 5.41 Å². The van der Waals surface area contributed by atoms with E-state index in [9.17, 15) is 0 Å². The van der Waals surface area contributed by atoms with E-state index in [2.05, 4.69) is 158 Å². The highest BCUT2D eigenvalue weighted by Crippen LogP contribution is 2.54. The van der Waals surface area contributed by atoms with Gasteiger partial charge in [-0.1, -0.05) is 117 Å². The van der Waals surface area contributed by atoms with E-state index < -0.39 is 0 Å². The predicted octanol–water partition coefficient (Wildman–Crippen LogP) is 12.6. The van der Waals surface area contributed by atoms with Gasteiger partial charge in [-0.3, -0.25) is 4.57 Å². The third-order valence-corrected chi connectivity index (χ3v) is 13.2. The number of allylic oxidation sites excluding steroid dienone is 4. The van der Waals surface area contributed by atoms with Crippen molar-refractivity contribution in [1.29, 1.82) is 0 Å². The molecule has 2 unspecified atom stereocenters. The number of hydrogen-bond donors (Lipinski definition) is 0. The van der Waals surface area contributed by atoms with Crippen LogP contribution in [0.3, 0.4) is 0 Å². The lowest BCUT2D eigenvalue weighted by Gasteiger charge is -2.29. The van der Waals surface area contributed by atoms with Crippen molar-refractivity contribution in [2.24, 2.45) is 5.92 Å². The largest absolute Gasteiger partial charge is 0.278 e. The van der Waals surface area contributed by atoms with E-state index in [1.807, 2.05) is 11.3 Å². The molecular formula is C47H31N3S. The van der Waals surface area contributed by atoms with Crippen LogP contribution in [0.1, 0.15) is 30.9 Å². The van der Waals surface area contributed by atoms with Crippen molar-refractivity contribution in [3.63, 3.8) is 0 Å². The second-order valence-electron chi connectivity index (χ2n) is 15.0. The number of fused-ring (bicyclic) bond motifs is 9. The minimum atomic E-state index is 0.0603. The van der Waals surface area contributed by atoms with Crippen LogP contribution in [0.25, 0.3) is 91.6 Å². The summed E-state index contributed by atoms with van der Waals surface area (Å²) in [4.78, 5) is 11.0. The summed E-state index contributed by atoms with van der Waals surface area (Å²) in [5, 5.41) is 11.1. The Balaban J connectivity index is 1.20. The maximum atomic E-state index is 5.60. The maximum absolute atomic E-state index is 5.60. The average Bonchev–Trinajstić information content (AvgIpc) is 3.78. The SMILES string of the molecule is CC1(C)c2ccc(-c3nc(-n4c5cccc6ccc7c8sc9ccccc9c8cc4c7c65)nc4cc5ccccc5cc34)cc2C2C=CC=CC21. The van der Waals surface area contributed by atoms with E-state index in [-0.39, 0.29) is 5.41 Å². The van der Waals surface area contributed by atoms with E-state index in [1.165, 1.54) is 63.6 Å². The summed E-state index contributed by atoms with van der Waals surface area (Å²) in [5.74, 6) is 1.51. The Morgan fingerprint density at radius 1 is 0.627 bits per heavy atom. The molecule has 51 heavy (non-hydrogen) atoms. The summed E-state index contributed by atoms with van der Waals surface area (Å²) in [6, 6.07) is 42.6. The standard InChI is InChI=1S/C47H31N3S/c1-47(2)36-15-7-5-13-30(36)33-23-29(19-21-37(33)47)44-35-22-27-10-3-4-11-28(27)24-38(35)48-46(49-44)50-39-16-9-12-26-18-20-32-43(42(26)39)40(50)25-34-31-14-6-8-17-41(31)51-45(32)34/h3-25,30,36H,1-2H3. The van der Waals surface area contributed by atoms with Crippen LogP contribution in [-0.4, -0.2) is 14.5 Å². The van der Waals surface area contributed by atoms with Crippen molar-refractivity contribution in [2.45, 2.75) is 25.2 Å². The highest BCUT2D eigenvalue weighted by molar-refractivity contribution is 7.26. The normalized spacial score (nSPS) is 18.0. The zero-order valence-corrected chi connectivity index (χ0v) is 29.0. The van der Waals surface area contributed by atoms with Crippen molar-refractivity contribution in [1.82, 2.24) is 14.5 Å². The van der Waals surface area contributed by atoms with Crippen molar-refractivity contribution in [2.75, 3.05) is 0 Å². The van der Waals surface area contributed by atoms with Gasteiger partial charge in [-0.25, -0.2) is 9.97 Å². The van der Waals surface area contributed by atoms with Crippen molar-refractivity contribution in [3.05, 3.63) is 151 Å². The van der Waals surface area contributed by atoms with Gasteiger partial charge in [0.15, 0.2) is 0 Å². The molecule has 2 atom stereocenters. The lowest BCUT2D eigenvalue weighted by atomic mass is 9.74. The number of thiophene rings is 1. The van der Waals surface area contributed by atoms with Gasteiger partial charge in [0, 0.05) is 53.2 Å². The van der Waals surface area contributed by atoms with Gasteiger partial charge < -0.3 is 0 Å². The Morgan fingerprint density at radius 3 is 2.37 bits per heavy atom. The molecule has 3 nitrogen and oxygen atoms in total. The van der Waals surface area contributed by atoms with Gasteiger partial charge in [0.2, 0.25) is 5.95 Å². The highest BCUT2D eigenvalue weighted by Gasteiger charge is 2.44. The number of benzene rings is 7. The molecule has 0 bridgehead atoms. The molecule has 0 fully saturated rings. The maximum Gasteiger partial charge on any atom is 0.235 e. The molecule has 0 spiro atoms. The van der Waals surface area contributed by atoms with Crippen molar-refractivity contribution in [3.8, 4) is 17.2 Å². The zero-order chi connectivity index (χ0) is 33.6. The first kappa shape index (κ1) is 27.9. The van der Waals surface area contributed by atoms with Crippen LogP contribution in [0.5, 0.6) is 0 Å². The predicted molar refractivity (Wildman–Crippen MR) is 216 cm³/mol. The van der Waals surface area contributed by atoms with E-state index in [0.717, 1.165) is 33.2 Å². The van der Waals surface area contributed by atoms with Crippen LogP contribution >= 0.6 is 11.3 Å². The Bertz CT molecular complexity index is 3190. The van der Waals surface area contributed by atoms with Crippen molar-refractivity contribution < 1.29 is 0 Å². The molecular weight excluding hydrogens is 639 g/mol. The molecule has 3 heterocycles. The molecule has 4 heteroatoms. The Labute approximate surface area is 298 Å². The number of hydrogen-bond acceptors (Lipinski definition) is 3. The fourth-order valence-corrected chi connectivity index (χ4v) is 10.8. The third kappa shape index (κ3) is 3.62. The Morgan fingerprint density at radius 2 is 1.45 bits per heavy atom. The van der Waals surface area contributed by atoms with Crippen LogP contribution in [0.4, 0.5) is 0 Å². The minimum absolute atomic E-state index is 0.0603. The first-order valence-corrected chi connectivity index (χ1v) is 18.6. The van der Waals surface area contributed by atoms with Gasteiger partial charge in [0.25, 0.3) is 0 Å². The first-order valence-electron chi connectivity index (χ1n) is 17.8. The fraction of sp³-hybridized carbons (Fsp3) is 0.106. The fourth-order valence-electron chi connectivity index (χ4n) is 9.61. The highest BCUT2D eigenvalue weighted by atomic mass is 32.1. The topological polar surface area (TPSA) is 30.7 Å². The quantitative estimate of drug-likeness (QED) is 0.135. The molecule has 0 amide bonds. The Kier molecular flexibility index (Phi) is 5.30. The van der Waals surface area contributed by atoms with Gasteiger partial charge in [-0.05, 0) is 75.0 Å². The average molecular weight is 670 g/mol. The first-order chi connectivity index (χ1) is 25.0. The van der Waals surface area contributed by atoms with Gasteiger partial charge in [-0.2, -0.15) is 0 Å². The molecule has 240 valence electrons. The molecule has 3 aromatic heterocycles. The molecule has 0 radical (unpaired) electrons. The van der Waals surface area contributed by atoms with Gasteiger partial charge >= 0.3 is 0 Å². The summed E-state index contributed by atoms with van der Waals surface area (Å²) in [6.07, 6.45) is 9.21. The van der Waals surface area contributed by atoms with Crippen LogP contribution < -0.4 is 0 Å². The third-order valence-electron chi connectivity index (χ3n) is 12.0. The molecule has 10 aromatic rings. The molecule has 7 aromatic carbocycles. The van der Waals surface area contributed by atoms with Gasteiger partial charge in [0.1, 0.15) is 0 Å². The van der Waals surface area contributed by atoms with Crippen molar-refractivity contribution >= 4 is 85.8 Å². The summed E-state index contributed by atoms with van der Waals surface area (Å²) in [7, 11) is 0. The van der Waals surface area contributed by atoms with E-state index in [0.29, 0.717) is 17.8 Å². The molecule has 2 aliphatic rings. The lowest BCUT2D eigenvalue weighted by molar-refractivity contribution is 0.394. The van der Waals surface area contributed by atoms with Gasteiger partial charge in [0.05, 0.1) is 22.2 Å². The monoisotopic (exact) mass is 669 g/mol. The van der Waals surface area contributed by atoms with Crippen LogP contribution in [0.15, 0.2) is 140 Å². The molecule has 0 saturated carbocycles. The van der Waals surface area contributed by atoms with E-state index >= 15 is 0 Å². The summed E-state index contributed by atoms with van der Waals surface area (Å²) >= 11 is 1.89. The molecule has 2 aliphatic carbocycles. The summed E-state index contributed by atoms with van der Waals surface area (Å²) in [5.41, 5.74) is 8.25. The van der Waals surface area contributed by atoms with Crippen LogP contribution in [0, 0.1) is 5.92 Å². The Hall–Kier alpha value is -5.84. The smallest absolute Gasteiger partial charge is 0.235 e. The summed E-state index contributed by atoms with van der Waals surface area (Å²) in [6.45, 7) is 4.79. The number of aromatic nitrogens is 3. The number of nitrogens with zero attached hydrogens (tertiary/aromatic N) is 3. The molecule has 12 rings (SSSR count). The summed E-state index contributed by atoms with van der Waals surface area (Å²) < 4.78 is 4.98. The molecule has 0 aliphatic heterocycles. The van der Waals surface area contributed by atoms with E-state index in [4.69, 9.17) is 9.97 Å². The second kappa shape index (κ2) is 9.69. The number of rotatable bonds is 2. The lowest BCUT2D eigenvalue weighted by Crippen LogP contribution is -2.24. The molecule has 0 N–H and O–H groups in total.